The number of methoxy groups -OCH3 is 1. The summed E-state index contributed by atoms with van der Waals surface area (Å²) < 4.78 is 20.7. The normalized spacial score (nSPS) is 15.9. The maximum absolute atomic E-state index is 13.9. The molecule has 3 heterocycles. The Bertz CT molecular complexity index is 973. The predicted molar refractivity (Wildman–Crippen MR) is 96.8 cm³/mol. The number of nitrogens with one attached hydrogen (secondary N) is 1. The maximum Gasteiger partial charge on any atom is 0.235 e. The van der Waals surface area contributed by atoms with E-state index in [0.717, 1.165) is 24.4 Å². The zero-order valence-electron chi connectivity index (χ0n) is 14.7. The SMILES string of the molecule is COc1ccc(NC(=O)C2CCCn3c(-c4ccncc4)nnc32)cc1F. The minimum atomic E-state index is -0.526. The van der Waals surface area contributed by atoms with Crippen LogP contribution in [-0.4, -0.2) is 32.8 Å². The van der Waals surface area contributed by atoms with E-state index in [4.69, 9.17) is 4.74 Å². The van der Waals surface area contributed by atoms with Crippen molar-refractivity contribution in [3.63, 3.8) is 0 Å². The zero-order chi connectivity index (χ0) is 18.8. The number of halogens is 1. The monoisotopic (exact) mass is 367 g/mol. The van der Waals surface area contributed by atoms with Crippen molar-refractivity contribution in [2.75, 3.05) is 12.4 Å². The van der Waals surface area contributed by atoms with Crippen LogP contribution in [0.3, 0.4) is 0 Å². The van der Waals surface area contributed by atoms with Gasteiger partial charge in [0.25, 0.3) is 0 Å². The number of carbonyl (C=O) groups is 1. The van der Waals surface area contributed by atoms with Gasteiger partial charge < -0.3 is 14.6 Å². The number of hydrogen-bond donors (Lipinski definition) is 1. The van der Waals surface area contributed by atoms with E-state index >= 15 is 0 Å². The average molecular weight is 367 g/mol. The van der Waals surface area contributed by atoms with Gasteiger partial charge in [0.15, 0.2) is 17.4 Å². The Labute approximate surface area is 155 Å². The zero-order valence-corrected chi connectivity index (χ0v) is 14.7. The first-order chi connectivity index (χ1) is 13.2. The summed E-state index contributed by atoms with van der Waals surface area (Å²) in [6.07, 6.45) is 4.89. The Morgan fingerprint density at radius 1 is 1.26 bits per heavy atom. The molecule has 1 atom stereocenters. The van der Waals surface area contributed by atoms with Crippen LogP contribution in [0.2, 0.25) is 0 Å². The molecule has 3 aromatic rings. The Kier molecular flexibility index (Phi) is 4.53. The standard InChI is InChI=1S/C19H18FN5O2/c1-27-16-5-4-13(11-15(16)20)22-19(26)14-3-2-10-25-17(23-24-18(14)25)12-6-8-21-9-7-12/h4-9,11,14H,2-3,10H2,1H3,(H,22,26). The van der Waals surface area contributed by atoms with E-state index in [1.807, 2.05) is 16.7 Å². The number of carbonyl (C=O) groups excluding carboxylic acids is 1. The molecular formula is C19H18FN5O2. The van der Waals surface area contributed by atoms with E-state index in [2.05, 4.69) is 20.5 Å². The van der Waals surface area contributed by atoms with Gasteiger partial charge in [0.1, 0.15) is 5.82 Å². The number of aromatic nitrogens is 4. The molecule has 8 heteroatoms. The highest BCUT2D eigenvalue weighted by Crippen LogP contribution is 2.31. The summed E-state index contributed by atoms with van der Waals surface area (Å²) in [7, 11) is 1.39. The fourth-order valence-electron chi connectivity index (χ4n) is 3.31. The smallest absolute Gasteiger partial charge is 0.235 e. The van der Waals surface area contributed by atoms with Gasteiger partial charge in [0.05, 0.1) is 13.0 Å². The molecule has 0 spiro atoms. The molecule has 1 unspecified atom stereocenters. The largest absolute Gasteiger partial charge is 0.494 e. The lowest BCUT2D eigenvalue weighted by molar-refractivity contribution is -0.118. The third kappa shape index (κ3) is 3.25. The Balaban J connectivity index is 1.58. The molecule has 0 saturated carbocycles. The molecule has 2 aromatic heterocycles. The van der Waals surface area contributed by atoms with Crippen LogP contribution < -0.4 is 10.1 Å². The highest BCUT2D eigenvalue weighted by atomic mass is 19.1. The highest BCUT2D eigenvalue weighted by molar-refractivity contribution is 5.95. The number of fused-ring (bicyclic) bond motifs is 1. The molecule has 138 valence electrons. The number of hydrogen-bond acceptors (Lipinski definition) is 5. The van der Waals surface area contributed by atoms with Gasteiger partial charge in [0.2, 0.25) is 5.91 Å². The van der Waals surface area contributed by atoms with Crippen LogP contribution in [0.5, 0.6) is 5.75 Å². The lowest BCUT2D eigenvalue weighted by atomic mass is 9.97. The van der Waals surface area contributed by atoms with Crippen molar-refractivity contribution < 1.29 is 13.9 Å². The molecular weight excluding hydrogens is 349 g/mol. The molecule has 0 aliphatic carbocycles. The summed E-state index contributed by atoms with van der Waals surface area (Å²) >= 11 is 0. The van der Waals surface area contributed by atoms with Crippen molar-refractivity contribution in [3.05, 3.63) is 54.4 Å². The fraction of sp³-hybridized carbons (Fsp3) is 0.263. The maximum atomic E-state index is 13.9. The van der Waals surface area contributed by atoms with E-state index in [0.29, 0.717) is 17.9 Å². The number of benzene rings is 1. The molecule has 1 N–H and O–H groups in total. The third-order valence-corrected chi connectivity index (χ3v) is 4.64. The van der Waals surface area contributed by atoms with Gasteiger partial charge in [-0.1, -0.05) is 0 Å². The predicted octanol–water partition coefficient (Wildman–Crippen LogP) is 3.00. The number of rotatable bonds is 4. The minimum Gasteiger partial charge on any atom is -0.494 e. The molecule has 0 saturated heterocycles. The fourth-order valence-corrected chi connectivity index (χ4v) is 3.31. The van der Waals surface area contributed by atoms with Gasteiger partial charge in [-0.2, -0.15) is 0 Å². The molecule has 4 rings (SSSR count). The minimum absolute atomic E-state index is 0.132. The van der Waals surface area contributed by atoms with Gasteiger partial charge in [-0.05, 0) is 37.1 Å². The molecule has 7 nitrogen and oxygen atoms in total. The summed E-state index contributed by atoms with van der Waals surface area (Å²) in [5, 5.41) is 11.3. The lowest BCUT2D eigenvalue weighted by Crippen LogP contribution is -2.27. The molecule has 1 aliphatic rings. The lowest BCUT2D eigenvalue weighted by Gasteiger charge is -2.23. The van der Waals surface area contributed by atoms with Crippen molar-refractivity contribution in [1.29, 1.82) is 0 Å². The second kappa shape index (κ2) is 7.14. The quantitative estimate of drug-likeness (QED) is 0.767. The first-order valence-corrected chi connectivity index (χ1v) is 8.65. The Hall–Kier alpha value is -3.29. The number of nitrogens with zero attached hydrogens (tertiary/aromatic N) is 4. The van der Waals surface area contributed by atoms with Crippen molar-refractivity contribution >= 4 is 11.6 Å². The van der Waals surface area contributed by atoms with Crippen molar-refractivity contribution in [1.82, 2.24) is 19.7 Å². The molecule has 0 radical (unpaired) electrons. The topological polar surface area (TPSA) is 81.9 Å². The van der Waals surface area contributed by atoms with Gasteiger partial charge in [-0.25, -0.2) is 4.39 Å². The van der Waals surface area contributed by atoms with Gasteiger partial charge >= 0.3 is 0 Å². The molecule has 27 heavy (non-hydrogen) atoms. The Morgan fingerprint density at radius 2 is 2.07 bits per heavy atom. The van der Waals surface area contributed by atoms with Crippen LogP contribution in [0.1, 0.15) is 24.6 Å². The van der Waals surface area contributed by atoms with E-state index in [9.17, 15) is 9.18 Å². The summed E-state index contributed by atoms with van der Waals surface area (Å²) in [5.74, 6) is 0.288. The number of anilines is 1. The van der Waals surface area contributed by atoms with E-state index in [1.54, 1.807) is 18.5 Å². The van der Waals surface area contributed by atoms with Gasteiger partial charge in [0, 0.05) is 36.3 Å². The van der Waals surface area contributed by atoms with Crippen LogP contribution in [0.4, 0.5) is 10.1 Å². The van der Waals surface area contributed by atoms with Crippen molar-refractivity contribution in [2.45, 2.75) is 25.3 Å². The first-order valence-electron chi connectivity index (χ1n) is 8.65. The molecule has 0 fully saturated rings. The number of pyridine rings is 1. The van der Waals surface area contributed by atoms with E-state index < -0.39 is 11.7 Å². The number of ether oxygens (including phenoxy) is 1. The summed E-state index contributed by atoms with van der Waals surface area (Å²) in [5.41, 5.74) is 1.28. The van der Waals surface area contributed by atoms with Gasteiger partial charge in [-0.15, -0.1) is 10.2 Å². The van der Waals surface area contributed by atoms with Crippen LogP contribution in [0.25, 0.3) is 11.4 Å². The molecule has 1 amide bonds. The third-order valence-electron chi connectivity index (χ3n) is 4.64. The molecule has 0 bridgehead atoms. The van der Waals surface area contributed by atoms with E-state index in [1.165, 1.54) is 19.2 Å². The van der Waals surface area contributed by atoms with Crippen LogP contribution in [0, 0.1) is 5.82 Å². The van der Waals surface area contributed by atoms with Crippen LogP contribution in [0.15, 0.2) is 42.7 Å². The van der Waals surface area contributed by atoms with Gasteiger partial charge in [-0.3, -0.25) is 9.78 Å². The van der Waals surface area contributed by atoms with Crippen LogP contribution in [-0.2, 0) is 11.3 Å². The second-order valence-corrected chi connectivity index (χ2v) is 6.30. The summed E-state index contributed by atoms with van der Waals surface area (Å²) in [4.78, 5) is 16.8. The summed E-state index contributed by atoms with van der Waals surface area (Å²) in [6, 6.07) is 8.06. The van der Waals surface area contributed by atoms with Crippen LogP contribution >= 0.6 is 0 Å². The average Bonchev–Trinajstić information content (AvgIpc) is 3.13. The first kappa shape index (κ1) is 17.1. The van der Waals surface area contributed by atoms with Crippen molar-refractivity contribution in [3.8, 4) is 17.1 Å². The second-order valence-electron chi connectivity index (χ2n) is 6.30. The highest BCUT2D eigenvalue weighted by Gasteiger charge is 2.31. The molecule has 1 aliphatic heterocycles. The molecule has 1 aromatic carbocycles. The number of amides is 1. The summed E-state index contributed by atoms with van der Waals surface area (Å²) in [6.45, 7) is 0.751. The van der Waals surface area contributed by atoms with E-state index in [-0.39, 0.29) is 11.7 Å². The Morgan fingerprint density at radius 3 is 2.81 bits per heavy atom. The van der Waals surface area contributed by atoms with Crippen molar-refractivity contribution in [2.24, 2.45) is 0 Å².